The molecular formula is C10H12ClNO. The van der Waals surface area contributed by atoms with Crippen molar-refractivity contribution in [3.63, 3.8) is 0 Å². The molecule has 3 heteroatoms. The third kappa shape index (κ3) is 1.52. The third-order valence-corrected chi connectivity index (χ3v) is 2.79. The van der Waals surface area contributed by atoms with Crippen molar-refractivity contribution in [2.45, 2.75) is 6.42 Å². The van der Waals surface area contributed by atoms with E-state index in [-0.39, 0.29) is 6.61 Å². The lowest BCUT2D eigenvalue weighted by atomic mass is 10.2. The second-order valence-corrected chi connectivity index (χ2v) is 3.61. The van der Waals surface area contributed by atoms with E-state index in [4.69, 9.17) is 16.7 Å². The number of benzene rings is 1. The normalized spacial score (nSPS) is 14.8. The van der Waals surface area contributed by atoms with E-state index in [1.807, 2.05) is 12.1 Å². The number of hydrogen-bond donors (Lipinski definition) is 1. The molecule has 0 radical (unpaired) electrons. The van der Waals surface area contributed by atoms with Gasteiger partial charge in [0.15, 0.2) is 0 Å². The summed E-state index contributed by atoms with van der Waals surface area (Å²) < 4.78 is 0. The van der Waals surface area contributed by atoms with Gasteiger partial charge in [0.1, 0.15) is 0 Å². The van der Waals surface area contributed by atoms with Gasteiger partial charge in [0.05, 0.1) is 6.61 Å². The van der Waals surface area contributed by atoms with E-state index in [1.54, 1.807) is 0 Å². The molecule has 13 heavy (non-hydrogen) atoms. The quantitative estimate of drug-likeness (QED) is 0.780. The molecule has 0 aromatic heterocycles. The number of aliphatic hydroxyl groups is 1. The fourth-order valence-electron chi connectivity index (χ4n) is 1.81. The number of hydrogen-bond acceptors (Lipinski definition) is 2. The van der Waals surface area contributed by atoms with Crippen molar-refractivity contribution in [3.05, 3.63) is 28.8 Å². The van der Waals surface area contributed by atoms with Crippen LogP contribution >= 0.6 is 11.6 Å². The van der Waals surface area contributed by atoms with Crippen LogP contribution in [0.3, 0.4) is 0 Å². The molecule has 0 saturated carbocycles. The summed E-state index contributed by atoms with van der Waals surface area (Å²) >= 11 is 6.05. The zero-order chi connectivity index (χ0) is 9.26. The minimum absolute atomic E-state index is 0.200. The van der Waals surface area contributed by atoms with Gasteiger partial charge in [-0.3, -0.25) is 0 Å². The van der Waals surface area contributed by atoms with Crippen LogP contribution in [-0.4, -0.2) is 24.8 Å². The van der Waals surface area contributed by atoms with Gasteiger partial charge < -0.3 is 10.0 Å². The molecule has 0 bridgehead atoms. The van der Waals surface area contributed by atoms with E-state index in [9.17, 15) is 0 Å². The largest absolute Gasteiger partial charge is 0.395 e. The highest BCUT2D eigenvalue weighted by molar-refractivity contribution is 6.31. The molecule has 0 atom stereocenters. The molecule has 1 aromatic carbocycles. The fraction of sp³-hybridized carbons (Fsp3) is 0.400. The lowest BCUT2D eigenvalue weighted by Gasteiger charge is -2.17. The number of fused-ring (bicyclic) bond motifs is 1. The van der Waals surface area contributed by atoms with Gasteiger partial charge in [0.2, 0.25) is 0 Å². The molecule has 1 aliphatic heterocycles. The Bertz CT molecular complexity index is 314. The molecule has 0 aliphatic carbocycles. The van der Waals surface area contributed by atoms with Gasteiger partial charge in [-0.15, -0.1) is 0 Å². The minimum Gasteiger partial charge on any atom is -0.395 e. The Morgan fingerprint density at radius 1 is 1.46 bits per heavy atom. The topological polar surface area (TPSA) is 23.5 Å². The van der Waals surface area contributed by atoms with Crippen molar-refractivity contribution in [1.29, 1.82) is 0 Å². The highest BCUT2D eigenvalue weighted by Gasteiger charge is 2.19. The summed E-state index contributed by atoms with van der Waals surface area (Å²) in [7, 11) is 0. The Hall–Kier alpha value is -0.730. The Morgan fingerprint density at radius 2 is 2.31 bits per heavy atom. The lowest BCUT2D eigenvalue weighted by Crippen LogP contribution is -2.23. The van der Waals surface area contributed by atoms with Crippen LogP contribution in [0, 0.1) is 0 Å². The fourth-order valence-corrected chi connectivity index (χ4v) is 2.08. The second-order valence-electron chi connectivity index (χ2n) is 3.20. The zero-order valence-corrected chi connectivity index (χ0v) is 8.09. The van der Waals surface area contributed by atoms with Crippen LogP contribution in [0.1, 0.15) is 5.56 Å². The first-order valence-corrected chi connectivity index (χ1v) is 4.84. The summed E-state index contributed by atoms with van der Waals surface area (Å²) in [4.78, 5) is 2.17. The average Bonchev–Trinajstić information content (AvgIpc) is 2.51. The monoisotopic (exact) mass is 197 g/mol. The molecule has 1 N–H and O–H groups in total. The molecule has 0 amide bonds. The minimum atomic E-state index is 0.200. The maximum Gasteiger partial charge on any atom is 0.0606 e. The van der Waals surface area contributed by atoms with Gasteiger partial charge in [-0.25, -0.2) is 0 Å². The van der Waals surface area contributed by atoms with Crippen LogP contribution in [0.25, 0.3) is 0 Å². The first-order chi connectivity index (χ1) is 6.33. The Kier molecular flexibility index (Phi) is 2.42. The highest BCUT2D eigenvalue weighted by atomic mass is 35.5. The standard InChI is InChI=1S/C10H12ClNO/c11-9-2-1-3-10-8(9)4-5-12(10)6-7-13/h1-3,13H,4-7H2. The summed E-state index contributed by atoms with van der Waals surface area (Å²) in [5.41, 5.74) is 2.40. The Balaban J connectivity index is 2.32. The summed E-state index contributed by atoms with van der Waals surface area (Å²) in [6.07, 6.45) is 0.995. The summed E-state index contributed by atoms with van der Waals surface area (Å²) in [6, 6.07) is 5.93. The predicted molar refractivity (Wildman–Crippen MR) is 54.5 cm³/mol. The van der Waals surface area contributed by atoms with Crippen LogP contribution in [0.15, 0.2) is 18.2 Å². The smallest absolute Gasteiger partial charge is 0.0606 e. The number of rotatable bonds is 2. The van der Waals surface area contributed by atoms with Crippen LogP contribution < -0.4 is 4.90 Å². The van der Waals surface area contributed by atoms with Crippen molar-refractivity contribution in [2.75, 3.05) is 24.6 Å². The maximum absolute atomic E-state index is 8.85. The van der Waals surface area contributed by atoms with Gasteiger partial charge >= 0.3 is 0 Å². The predicted octanol–water partition coefficient (Wildman–Crippen LogP) is 1.69. The zero-order valence-electron chi connectivity index (χ0n) is 7.33. The van der Waals surface area contributed by atoms with Crippen LogP contribution in [0.2, 0.25) is 5.02 Å². The van der Waals surface area contributed by atoms with Crippen molar-refractivity contribution in [2.24, 2.45) is 0 Å². The van der Waals surface area contributed by atoms with Crippen LogP contribution in [0.4, 0.5) is 5.69 Å². The molecule has 1 aromatic rings. The van der Waals surface area contributed by atoms with Gasteiger partial charge in [0, 0.05) is 23.8 Å². The van der Waals surface area contributed by atoms with Gasteiger partial charge in [-0.05, 0) is 24.1 Å². The van der Waals surface area contributed by atoms with Gasteiger partial charge in [-0.1, -0.05) is 17.7 Å². The summed E-state index contributed by atoms with van der Waals surface area (Å²) in [5, 5.41) is 9.69. The van der Waals surface area contributed by atoms with Crippen LogP contribution in [0.5, 0.6) is 0 Å². The number of halogens is 1. The van der Waals surface area contributed by atoms with E-state index in [1.165, 1.54) is 11.3 Å². The lowest BCUT2D eigenvalue weighted by molar-refractivity contribution is 0.303. The van der Waals surface area contributed by atoms with Crippen molar-refractivity contribution in [3.8, 4) is 0 Å². The summed E-state index contributed by atoms with van der Waals surface area (Å²) in [6.45, 7) is 1.87. The van der Waals surface area contributed by atoms with E-state index in [0.29, 0.717) is 6.54 Å². The van der Waals surface area contributed by atoms with E-state index in [0.717, 1.165) is 18.0 Å². The molecule has 70 valence electrons. The number of β-amino-alcohol motifs (C(OH)–C–C–N with tert-alkyl or cyclic N) is 1. The number of nitrogens with zero attached hydrogens (tertiary/aromatic N) is 1. The third-order valence-electron chi connectivity index (χ3n) is 2.44. The highest BCUT2D eigenvalue weighted by Crippen LogP contribution is 2.32. The molecule has 0 saturated heterocycles. The Labute approximate surface area is 82.7 Å². The second kappa shape index (κ2) is 3.56. The van der Waals surface area contributed by atoms with E-state index in [2.05, 4.69) is 11.0 Å². The van der Waals surface area contributed by atoms with Gasteiger partial charge in [0.25, 0.3) is 0 Å². The molecule has 1 aliphatic rings. The number of aliphatic hydroxyl groups excluding tert-OH is 1. The van der Waals surface area contributed by atoms with Crippen molar-refractivity contribution >= 4 is 17.3 Å². The van der Waals surface area contributed by atoms with E-state index < -0.39 is 0 Å². The Morgan fingerprint density at radius 3 is 3.08 bits per heavy atom. The summed E-state index contributed by atoms with van der Waals surface area (Å²) in [5.74, 6) is 0. The number of anilines is 1. The maximum atomic E-state index is 8.85. The molecule has 2 rings (SSSR count). The first kappa shape index (κ1) is 8.85. The molecule has 0 unspecified atom stereocenters. The molecule has 1 heterocycles. The van der Waals surface area contributed by atoms with Gasteiger partial charge in [-0.2, -0.15) is 0 Å². The van der Waals surface area contributed by atoms with Crippen molar-refractivity contribution in [1.82, 2.24) is 0 Å². The molecule has 0 fully saturated rings. The molecular weight excluding hydrogens is 186 g/mol. The molecule has 2 nitrogen and oxygen atoms in total. The van der Waals surface area contributed by atoms with Crippen LogP contribution in [-0.2, 0) is 6.42 Å². The van der Waals surface area contributed by atoms with Crippen molar-refractivity contribution < 1.29 is 5.11 Å². The SMILES string of the molecule is OCCN1CCc2c(Cl)cccc21. The molecule has 0 spiro atoms. The van der Waals surface area contributed by atoms with E-state index >= 15 is 0 Å². The first-order valence-electron chi connectivity index (χ1n) is 4.46. The average molecular weight is 198 g/mol.